The molecule has 1 amide bonds. The maximum absolute atomic E-state index is 12.7. The fourth-order valence-corrected chi connectivity index (χ4v) is 3.51. The second kappa shape index (κ2) is 8.23. The van der Waals surface area contributed by atoms with Crippen molar-refractivity contribution >= 4 is 28.9 Å². The van der Waals surface area contributed by atoms with Crippen LogP contribution in [0.1, 0.15) is 28.8 Å². The second-order valence-corrected chi connectivity index (χ2v) is 7.58. The van der Waals surface area contributed by atoms with Crippen molar-refractivity contribution in [1.82, 2.24) is 5.32 Å². The van der Waals surface area contributed by atoms with E-state index in [-0.39, 0.29) is 5.91 Å². The first kappa shape index (κ1) is 17.6. The zero-order chi connectivity index (χ0) is 18.5. The molecular formula is C23H21NO2S. The van der Waals surface area contributed by atoms with Gasteiger partial charge in [0.1, 0.15) is 12.4 Å². The Morgan fingerprint density at radius 3 is 2.67 bits per heavy atom. The molecule has 1 aromatic heterocycles. The van der Waals surface area contributed by atoms with Crippen LogP contribution in [0.15, 0.2) is 72.1 Å². The van der Waals surface area contributed by atoms with Crippen molar-refractivity contribution in [3.63, 3.8) is 0 Å². The summed E-state index contributed by atoms with van der Waals surface area (Å²) in [4.78, 5) is 13.7. The molecule has 4 rings (SSSR count). The highest BCUT2D eigenvalue weighted by molar-refractivity contribution is 7.11. The van der Waals surface area contributed by atoms with Crippen LogP contribution in [-0.4, -0.2) is 11.9 Å². The van der Waals surface area contributed by atoms with E-state index in [1.807, 2.05) is 78.2 Å². The Hall–Kier alpha value is -2.85. The van der Waals surface area contributed by atoms with E-state index in [0.29, 0.717) is 18.2 Å². The van der Waals surface area contributed by atoms with Gasteiger partial charge in [-0.2, -0.15) is 0 Å². The number of ether oxygens (including phenoxy) is 1. The summed E-state index contributed by atoms with van der Waals surface area (Å²) in [7, 11) is 0. The van der Waals surface area contributed by atoms with E-state index in [4.69, 9.17) is 4.74 Å². The lowest BCUT2D eigenvalue weighted by Gasteiger charge is -2.09. The van der Waals surface area contributed by atoms with E-state index in [9.17, 15) is 4.79 Å². The number of benzene rings is 2. The minimum Gasteiger partial charge on any atom is -0.489 e. The molecule has 1 fully saturated rings. The zero-order valence-electron chi connectivity index (χ0n) is 14.9. The Bertz CT molecular complexity index is 928. The van der Waals surface area contributed by atoms with E-state index >= 15 is 0 Å². The van der Waals surface area contributed by atoms with Crippen molar-refractivity contribution < 1.29 is 9.53 Å². The molecule has 27 heavy (non-hydrogen) atoms. The summed E-state index contributed by atoms with van der Waals surface area (Å²) < 4.78 is 5.91. The number of amides is 1. The first-order chi connectivity index (χ1) is 13.3. The molecule has 0 radical (unpaired) electrons. The number of rotatable bonds is 7. The molecule has 0 bridgehead atoms. The average Bonchev–Trinajstić information content (AvgIpc) is 3.35. The highest BCUT2D eigenvalue weighted by Gasteiger charge is 2.25. The third kappa shape index (κ3) is 4.86. The van der Waals surface area contributed by atoms with Crippen LogP contribution < -0.4 is 10.1 Å². The molecule has 4 heteroatoms. The van der Waals surface area contributed by atoms with Crippen LogP contribution in [0.2, 0.25) is 0 Å². The molecule has 0 unspecified atom stereocenters. The number of hydrogen-bond donors (Lipinski definition) is 1. The molecule has 1 N–H and O–H groups in total. The first-order valence-electron chi connectivity index (χ1n) is 9.11. The Labute approximate surface area is 163 Å². The van der Waals surface area contributed by atoms with Crippen molar-refractivity contribution in [3.8, 4) is 5.75 Å². The molecule has 1 saturated carbocycles. The van der Waals surface area contributed by atoms with Gasteiger partial charge in [-0.1, -0.05) is 48.5 Å². The van der Waals surface area contributed by atoms with Crippen molar-refractivity contribution in [3.05, 3.63) is 88.1 Å². The lowest BCUT2D eigenvalue weighted by molar-refractivity contribution is -0.115. The van der Waals surface area contributed by atoms with Crippen LogP contribution >= 0.6 is 11.3 Å². The topological polar surface area (TPSA) is 38.3 Å². The van der Waals surface area contributed by atoms with Gasteiger partial charge in [-0.25, -0.2) is 0 Å². The number of hydrogen-bond acceptors (Lipinski definition) is 3. The van der Waals surface area contributed by atoms with Gasteiger partial charge in [0.05, 0.1) is 5.57 Å². The molecule has 2 aromatic carbocycles. The predicted octanol–water partition coefficient (Wildman–Crippen LogP) is 5.15. The molecule has 3 nitrogen and oxygen atoms in total. The van der Waals surface area contributed by atoms with Crippen LogP contribution in [0.3, 0.4) is 0 Å². The van der Waals surface area contributed by atoms with E-state index in [1.54, 1.807) is 11.3 Å². The third-order valence-corrected chi connectivity index (χ3v) is 5.26. The lowest BCUT2D eigenvalue weighted by Crippen LogP contribution is -2.26. The molecule has 0 spiro atoms. The Balaban J connectivity index is 1.54. The fourth-order valence-electron chi connectivity index (χ4n) is 2.77. The summed E-state index contributed by atoms with van der Waals surface area (Å²) in [6, 6.07) is 22.2. The minimum absolute atomic E-state index is 0.00411. The van der Waals surface area contributed by atoms with E-state index < -0.39 is 0 Å². The van der Waals surface area contributed by atoms with E-state index in [2.05, 4.69) is 5.32 Å². The van der Waals surface area contributed by atoms with Gasteiger partial charge in [0.2, 0.25) is 0 Å². The molecule has 0 atom stereocenters. The zero-order valence-corrected chi connectivity index (χ0v) is 15.7. The summed E-state index contributed by atoms with van der Waals surface area (Å²) in [5.41, 5.74) is 2.79. The van der Waals surface area contributed by atoms with Crippen LogP contribution in [0.5, 0.6) is 5.75 Å². The van der Waals surface area contributed by atoms with Crippen molar-refractivity contribution in [2.45, 2.75) is 25.5 Å². The lowest BCUT2D eigenvalue weighted by atomic mass is 10.1. The van der Waals surface area contributed by atoms with Gasteiger partial charge in [-0.15, -0.1) is 11.3 Å². The van der Waals surface area contributed by atoms with Gasteiger partial charge >= 0.3 is 0 Å². The van der Waals surface area contributed by atoms with Gasteiger partial charge < -0.3 is 10.1 Å². The molecule has 1 heterocycles. The molecule has 0 aliphatic heterocycles. The number of thiophene rings is 1. The quantitative estimate of drug-likeness (QED) is 0.580. The first-order valence-corrected chi connectivity index (χ1v) is 9.99. The predicted molar refractivity (Wildman–Crippen MR) is 111 cm³/mol. The van der Waals surface area contributed by atoms with Crippen LogP contribution in [0.25, 0.3) is 11.6 Å². The molecule has 1 aliphatic rings. The maximum atomic E-state index is 12.7. The van der Waals surface area contributed by atoms with Crippen molar-refractivity contribution in [2.24, 2.45) is 0 Å². The van der Waals surface area contributed by atoms with Gasteiger partial charge in [-0.05, 0) is 53.6 Å². The molecular weight excluding hydrogens is 354 g/mol. The standard InChI is InChI=1S/C23H21NO2S/c25-23(24-19-11-12-19)21(22-10-5-13-27-22)15-18-8-4-9-20(14-18)26-16-17-6-2-1-3-7-17/h1-10,13-15,19H,11-12,16H2,(H,24,25)/b21-15+. The van der Waals surface area contributed by atoms with Crippen LogP contribution in [0.4, 0.5) is 0 Å². The highest BCUT2D eigenvalue weighted by atomic mass is 32.1. The van der Waals surface area contributed by atoms with E-state index in [0.717, 1.165) is 34.6 Å². The Morgan fingerprint density at radius 1 is 1.07 bits per heavy atom. The molecule has 3 aromatic rings. The largest absolute Gasteiger partial charge is 0.489 e. The summed E-state index contributed by atoms with van der Waals surface area (Å²) in [5, 5.41) is 5.08. The summed E-state index contributed by atoms with van der Waals surface area (Å²) in [6.07, 6.45) is 4.09. The van der Waals surface area contributed by atoms with Crippen molar-refractivity contribution in [2.75, 3.05) is 0 Å². The van der Waals surface area contributed by atoms with Crippen LogP contribution in [0, 0.1) is 0 Å². The SMILES string of the molecule is O=C(NC1CC1)/C(=C/c1cccc(OCc2ccccc2)c1)c1cccs1. The van der Waals surface area contributed by atoms with Gasteiger partial charge in [0, 0.05) is 10.9 Å². The Morgan fingerprint density at radius 2 is 1.93 bits per heavy atom. The molecule has 1 aliphatic carbocycles. The summed E-state index contributed by atoms with van der Waals surface area (Å²) in [5.74, 6) is 0.788. The second-order valence-electron chi connectivity index (χ2n) is 6.63. The van der Waals surface area contributed by atoms with Gasteiger partial charge in [-0.3, -0.25) is 4.79 Å². The van der Waals surface area contributed by atoms with Crippen molar-refractivity contribution in [1.29, 1.82) is 0 Å². The van der Waals surface area contributed by atoms with Gasteiger partial charge in [0.25, 0.3) is 5.91 Å². The van der Waals surface area contributed by atoms with Gasteiger partial charge in [0.15, 0.2) is 0 Å². The minimum atomic E-state index is -0.00411. The highest BCUT2D eigenvalue weighted by Crippen LogP contribution is 2.27. The average molecular weight is 375 g/mol. The number of carbonyl (C=O) groups excluding carboxylic acids is 1. The summed E-state index contributed by atoms with van der Waals surface area (Å²) in [6.45, 7) is 0.522. The Kier molecular flexibility index (Phi) is 5.35. The van der Waals surface area contributed by atoms with E-state index in [1.165, 1.54) is 0 Å². The number of carbonyl (C=O) groups is 1. The maximum Gasteiger partial charge on any atom is 0.252 e. The summed E-state index contributed by atoms with van der Waals surface area (Å²) >= 11 is 1.58. The molecule has 136 valence electrons. The smallest absolute Gasteiger partial charge is 0.252 e. The fraction of sp³-hybridized carbons (Fsp3) is 0.174. The third-order valence-electron chi connectivity index (χ3n) is 4.36. The number of nitrogens with one attached hydrogen (secondary N) is 1. The normalized spacial score (nSPS) is 14.0. The molecule has 0 saturated heterocycles. The monoisotopic (exact) mass is 375 g/mol. The van der Waals surface area contributed by atoms with Crippen LogP contribution in [-0.2, 0) is 11.4 Å².